The molecule has 0 atom stereocenters. The van der Waals surface area contributed by atoms with Gasteiger partial charge in [0.05, 0.1) is 5.69 Å². The van der Waals surface area contributed by atoms with Gasteiger partial charge in [0, 0.05) is 37.4 Å². The van der Waals surface area contributed by atoms with Crippen molar-refractivity contribution >= 4 is 28.6 Å². The summed E-state index contributed by atoms with van der Waals surface area (Å²) in [5.74, 6) is 0.535. The van der Waals surface area contributed by atoms with Crippen molar-refractivity contribution in [2.24, 2.45) is 0 Å². The summed E-state index contributed by atoms with van der Waals surface area (Å²) in [6.45, 7) is 3.69. The van der Waals surface area contributed by atoms with Crippen LogP contribution < -0.4 is 4.90 Å². The molecule has 22 heavy (non-hydrogen) atoms. The Morgan fingerprint density at radius 1 is 1.36 bits per heavy atom. The molecular formula is C16H19FN2O2S. The summed E-state index contributed by atoms with van der Waals surface area (Å²) >= 11 is 1.30. The smallest absolute Gasteiger partial charge is 0.281 e. The molecule has 2 heterocycles. The van der Waals surface area contributed by atoms with Gasteiger partial charge in [-0.1, -0.05) is 17.8 Å². The van der Waals surface area contributed by atoms with Gasteiger partial charge in [0.2, 0.25) is 5.91 Å². The van der Waals surface area contributed by atoms with Gasteiger partial charge < -0.3 is 9.80 Å². The number of aryl methyl sites for hydroxylation is 1. The second kappa shape index (κ2) is 6.28. The molecule has 4 nitrogen and oxygen atoms in total. The maximum absolute atomic E-state index is 14.0. The van der Waals surface area contributed by atoms with Crippen LogP contribution in [0.1, 0.15) is 24.0 Å². The molecule has 0 unspecified atom stereocenters. The van der Waals surface area contributed by atoms with Crippen LogP contribution in [-0.2, 0) is 11.2 Å². The van der Waals surface area contributed by atoms with Crippen molar-refractivity contribution in [3.8, 4) is 0 Å². The Balaban J connectivity index is 1.75. The summed E-state index contributed by atoms with van der Waals surface area (Å²) in [5.41, 5.74) is 2.31. The van der Waals surface area contributed by atoms with E-state index in [1.54, 1.807) is 15.9 Å². The van der Waals surface area contributed by atoms with E-state index < -0.39 is 0 Å². The molecule has 2 aliphatic rings. The van der Waals surface area contributed by atoms with Gasteiger partial charge in [-0.2, -0.15) is 0 Å². The third kappa shape index (κ3) is 2.84. The lowest BCUT2D eigenvalue weighted by Crippen LogP contribution is -2.38. The number of carbonyl (C=O) groups excluding carboxylic acids is 2. The number of nitrogens with zero attached hydrogens (tertiary/aromatic N) is 2. The van der Waals surface area contributed by atoms with Crippen molar-refractivity contribution < 1.29 is 14.0 Å². The van der Waals surface area contributed by atoms with E-state index >= 15 is 0 Å². The summed E-state index contributed by atoms with van der Waals surface area (Å²) < 4.78 is 14.0. The van der Waals surface area contributed by atoms with E-state index in [4.69, 9.17) is 0 Å². The molecule has 0 N–H and O–H groups in total. The fourth-order valence-electron chi connectivity index (χ4n) is 3.11. The second-order valence-corrected chi connectivity index (χ2v) is 6.74. The topological polar surface area (TPSA) is 40.6 Å². The van der Waals surface area contributed by atoms with Crippen LogP contribution in [0.25, 0.3) is 0 Å². The summed E-state index contributed by atoms with van der Waals surface area (Å²) in [4.78, 5) is 27.5. The average molecular weight is 322 g/mol. The molecule has 0 saturated carbocycles. The molecule has 0 bridgehead atoms. The highest BCUT2D eigenvalue weighted by molar-refractivity contribution is 8.13. The van der Waals surface area contributed by atoms with Gasteiger partial charge in [0.1, 0.15) is 5.82 Å². The van der Waals surface area contributed by atoms with E-state index in [9.17, 15) is 14.0 Å². The molecule has 0 aromatic heterocycles. The first-order valence-electron chi connectivity index (χ1n) is 7.58. The van der Waals surface area contributed by atoms with E-state index in [1.807, 2.05) is 6.92 Å². The summed E-state index contributed by atoms with van der Waals surface area (Å²) in [7, 11) is 0. The molecule has 2 aliphatic heterocycles. The zero-order valence-corrected chi connectivity index (χ0v) is 13.4. The van der Waals surface area contributed by atoms with E-state index in [-0.39, 0.29) is 17.0 Å². The average Bonchev–Trinajstić information content (AvgIpc) is 2.93. The summed E-state index contributed by atoms with van der Waals surface area (Å²) in [6.07, 6.45) is 1.74. The van der Waals surface area contributed by atoms with Gasteiger partial charge in [-0.15, -0.1) is 0 Å². The van der Waals surface area contributed by atoms with Gasteiger partial charge in [0.25, 0.3) is 5.24 Å². The number of anilines is 1. The van der Waals surface area contributed by atoms with Gasteiger partial charge in [0.15, 0.2) is 0 Å². The first kappa shape index (κ1) is 15.3. The van der Waals surface area contributed by atoms with Crippen LogP contribution in [0, 0.1) is 12.7 Å². The highest BCUT2D eigenvalue weighted by Crippen LogP contribution is 2.33. The van der Waals surface area contributed by atoms with E-state index in [2.05, 4.69) is 0 Å². The largest absolute Gasteiger partial charge is 0.332 e. The number of amides is 2. The van der Waals surface area contributed by atoms with Crippen LogP contribution >= 0.6 is 11.8 Å². The minimum Gasteiger partial charge on any atom is -0.332 e. The van der Waals surface area contributed by atoms with E-state index in [1.165, 1.54) is 17.8 Å². The molecule has 2 amide bonds. The van der Waals surface area contributed by atoms with Crippen molar-refractivity contribution in [3.63, 3.8) is 0 Å². The zero-order valence-electron chi connectivity index (χ0n) is 12.6. The molecule has 0 radical (unpaired) electrons. The lowest BCUT2D eigenvalue weighted by molar-refractivity contribution is -0.118. The predicted molar refractivity (Wildman–Crippen MR) is 85.9 cm³/mol. The van der Waals surface area contributed by atoms with Crippen LogP contribution in [0.3, 0.4) is 0 Å². The fraction of sp³-hybridized carbons (Fsp3) is 0.500. The maximum Gasteiger partial charge on any atom is 0.281 e. The standard InChI is InChI=1S/C16H19FN2O2S/c1-11-4-5-13(17)12-3-2-7-19(15(11)12)14(20)6-8-18-9-10-22-16(18)21/h4-5H,2-3,6-10H2,1H3. The third-order valence-corrected chi connectivity index (χ3v) is 5.14. The Labute approximate surface area is 133 Å². The molecule has 1 aromatic carbocycles. The number of thioether (sulfide) groups is 1. The van der Waals surface area contributed by atoms with Crippen LogP contribution in [0.15, 0.2) is 12.1 Å². The van der Waals surface area contributed by atoms with Crippen LogP contribution in [0.4, 0.5) is 14.9 Å². The molecule has 0 aliphatic carbocycles. The summed E-state index contributed by atoms with van der Waals surface area (Å²) in [5, 5.41) is 0.0501. The number of benzene rings is 1. The predicted octanol–water partition coefficient (Wildman–Crippen LogP) is 2.97. The number of hydrogen-bond acceptors (Lipinski definition) is 3. The second-order valence-electron chi connectivity index (χ2n) is 5.69. The molecule has 0 spiro atoms. The normalized spacial score (nSPS) is 17.8. The highest BCUT2D eigenvalue weighted by Gasteiger charge is 2.28. The van der Waals surface area contributed by atoms with Crippen molar-refractivity contribution in [1.82, 2.24) is 4.90 Å². The first-order chi connectivity index (χ1) is 10.6. The Bertz CT molecular complexity index is 620. The minimum absolute atomic E-state index is 0.0284. The van der Waals surface area contributed by atoms with Gasteiger partial charge in [-0.05, 0) is 31.4 Å². The van der Waals surface area contributed by atoms with Crippen molar-refractivity contribution in [2.45, 2.75) is 26.2 Å². The Kier molecular flexibility index (Phi) is 4.38. The monoisotopic (exact) mass is 322 g/mol. The van der Waals surface area contributed by atoms with Crippen LogP contribution in [0.2, 0.25) is 0 Å². The van der Waals surface area contributed by atoms with Gasteiger partial charge >= 0.3 is 0 Å². The lowest BCUT2D eigenvalue weighted by Gasteiger charge is -2.31. The van der Waals surface area contributed by atoms with Gasteiger partial charge in [-0.25, -0.2) is 4.39 Å². The Morgan fingerprint density at radius 2 is 2.18 bits per heavy atom. The minimum atomic E-state index is -0.232. The number of carbonyl (C=O) groups is 2. The Morgan fingerprint density at radius 3 is 2.91 bits per heavy atom. The lowest BCUT2D eigenvalue weighted by atomic mass is 9.97. The molecular weight excluding hydrogens is 303 g/mol. The van der Waals surface area contributed by atoms with Crippen molar-refractivity contribution in [1.29, 1.82) is 0 Å². The number of hydrogen-bond donors (Lipinski definition) is 0. The summed E-state index contributed by atoms with van der Waals surface area (Å²) in [6, 6.07) is 3.20. The molecule has 1 fully saturated rings. The molecule has 3 rings (SSSR count). The first-order valence-corrected chi connectivity index (χ1v) is 8.56. The fourth-order valence-corrected chi connectivity index (χ4v) is 3.96. The number of fused-ring (bicyclic) bond motifs is 1. The van der Waals surface area contributed by atoms with Crippen molar-refractivity contribution in [2.75, 3.05) is 30.3 Å². The maximum atomic E-state index is 14.0. The highest BCUT2D eigenvalue weighted by atomic mass is 32.2. The number of halogens is 1. The molecule has 118 valence electrons. The van der Waals surface area contributed by atoms with Crippen LogP contribution in [0.5, 0.6) is 0 Å². The zero-order chi connectivity index (χ0) is 15.7. The Hall–Kier alpha value is -1.56. The number of rotatable bonds is 3. The van der Waals surface area contributed by atoms with Crippen molar-refractivity contribution in [3.05, 3.63) is 29.1 Å². The van der Waals surface area contributed by atoms with E-state index in [0.717, 1.165) is 23.4 Å². The SMILES string of the molecule is Cc1ccc(F)c2c1N(C(=O)CCN1CCSC1=O)CCC2. The molecule has 1 aromatic rings. The molecule has 6 heteroatoms. The molecule has 1 saturated heterocycles. The van der Waals surface area contributed by atoms with E-state index in [0.29, 0.717) is 38.0 Å². The quantitative estimate of drug-likeness (QED) is 0.859. The third-order valence-electron chi connectivity index (χ3n) is 4.25. The van der Waals surface area contributed by atoms with Gasteiger partial charge in [-0.3, -0.25) is 9.59 Å². The van der Waals surface area contributed by atoms with Crippen LogP contribution in [-0.4, -0.2) is 41.4 Å².